The van der Waals surface area contributed by atoms with Gasteiger partial charge in [-0.25, -0.2) is 13.2 Å². The van der Waals surface area contributed by atoms with E-state index in [2.05, 4.69) is 4.74 Å². The molecule has 1 aromatic carbocycles. The molecule has 0 amide bonds. The van der Waals surface area contributed by atoms with E-state index in [4.69, 9.17) is 5.11 Å². The van der Waals surface area contributed by atoms with Crippen LogP contribution in [0.5, 0.6) is 11.5 Å². The van der Waals surface area contributed by atoms with Crippen LogP contribution in [0.2, 0.25) is 0 Å². The van der Waals surface area contributed by atoms with Crippen molar-refractivity contribution in [3.63, 3.8) is 0 Å². The van der Waals surface area contributed by atoms with E-state index in [-0.39, 0.29) is 0 Å². The number of halogens is 3. The standard InChI is InChI=1S/C8H7F3O2/c9-5-2-1-3-6(12)8(5)13-4-7(10)11/h1-3,7,12H,4H2. The van der Waals surface area contributed by atoms with E-state index in [1.165, 1.54) is 6.07 Å². The summed E-state index contributed by atoms with van der Waals surface area (Å²) >= 11 is 0. The fourth-order valence-electron chi connectivity index (χ4n) is 0.787. The highest BCUT2D eigenvalue weighted by atomic mass is 19.3. The van der Waals surface area contributed by atoms with E-state index in [0.717, 1.165) is 12.1 Å². The SMILES string of the molecule is Oc1cccc(F)c1OCC(F)F. The smallest absolute Gasteiger partial charge is 0.272 e. The predicted octanol–water partition coefficient (Wildman–Crippen LogP) is 2.18. The van der Waals surface area contributed by atoms with Crippen LogP contribution in [0.1, 0.15) is 0 Å². The van der Waals surface area contributed by atoms with Crippen LogP contribution < -0.4 is 4.74 Å². The summed E-state index contributed by atoms with van der Waals surface area (Å²) in [5.41, 5.74) is 0. The van der Waals surface area contributed by atoms with E-state index in [9.17, 15) is 13.2 Å². The number of phenolic OH excluding ortho intramolecular Hbond substituents is 1. The van der Waals surface area contributed by atoms with Gasteiger partial charge in [0, 0.05) is 0 Å². The zero-order valence-electron chi connectivity index (χ0n) is 6.51. The highest BCUT2D eigenvalue weighted by molar-refractivity contribution is 5.39. The van der Waals surface area contributed by atoms with Crippen molar-refractivity contribution in [3.8, 4) is 11.5 Å². The molecule has 1 N–H and O–H groups in total. The van der Waals surface area contributed by atoms with Crippen LogP contribution in [0, 0.1) is 5.82 Å². The summed E-state index contributed by atoms with van der Waals surface area (Å²) < 4.78 is 40.4. The quantitative estimate of drug-likeness (QED) is 0.795. The number of rotatable bonds is 3. The van der Waals surface area contributed by atoms with Gasteiger partial charge < -0.3 is 9.84 Å². The third-order valence-corrected chi connectivity index (χ3v) is 1.30. The Balaban J connectivity index is 2.75. The zero-order chi connectivity index (χ0) is 9.84. The Labute approximate surface area is 72.6 Å². The minimum Gasteiger partial charge on any atom is -0.504 e. The van der Waals surface area contributed by atoms with Crippen molar-refractivity contribution in [1.82, 2.24) is 0 Å². The topological polar surface area (TPSA) is 29.5 Å². The van der Waals surface area contributed by atoms with Gasteiger partial charge in [0.1, 0.15) is 6.61 Å². The van der Waals surface area contributed by atoms with Gasteiger partial charge in [-0.15, -0.1) is 0 Å². The average Bonchev–Trinajstić information content (AvgIpc) is 2.03. The van der Waals surface area contributed by atoms with Crippen molar-refractivity contribution in [1.29, 1.82) is 0 Å². The third-order valence-electron chi connectivity index (χ3n) is 1.30. The van der Waals surface area contributed by atoms with Gasteiger partial charge in [-0.1, -0.05) is 6.07 Å². The van der Waals surface area contributed by atoms with Gasteiger partial charge in [0.25, 0.3) is 6.43 Å². The molecule has 0 saturated carbocycles. The Bertz CT molecular complexity index is 268. The first-order valence-electron chi connectivity index (χ1n) is 3.49. The lowest BCUT2D eigenvalue weighted by Gasteiger charge is -2.07. The van der Waals surface area contributed by atoms with Gasteiger partial charge in [0.2, 0.25) is 0 Å². The predicted molar refractivity (Wildman–Crippen MR) is 39.6 cm³/mol. The van der Waals surface area contributed by atoms with E-state index in [1.807, 2.05) is 0 Å². The van der Waals surface area contributed by atoms with E-state index < -0.39 is 30.3 Å². The highest BCUT2D eigenvalue weighted by Gasteiger charge is 2.11. The highest BCUT2D eigenvalue weighted by Crippen LogP contribution is 2.28. The first kappa shape index (κ1) is 9.70. The number of benzene rings is 1. The van der Waals surface area contributed by atoms with Gasteiger partial charge in [-0.05, 0) is 12.1 Å². The molecule has 0 saturated heterocycles. The fraction of sp³-hybridized carbons (Fsp3) is 0.250. The minimum absolute atomic E-state index is 0.486. The first-order chi connectivity index (χ1) is 6.11. The lowest BCUT2D eigenvalue weighted by molar-refractivity contribution is 0.0784. The first-order valence-corrected chi connectivity index (χ1v) is 3.49. The Kier molecular flexibility index (Phi) is 3.00. The summed E-state index contributed by atoms with van der Waals surface area (Å²) in [6.45, 7) is -0.936. The molecule has 0 aliphatic carbocycles. The number of alkyl halides is 2. The second-order valence-corrected chi connectivity index (χ2v) is 2.29. The molecule has 0 aliphatic rings. The molecule has 0 spiro atoms. The number of hydrogen-bond acceptors (Lipinski definition) is 2. The number of para-hydroxylation sites is 1. The molecule has 0 fully saturated rings. The normalized spacial score (nSPS) is 10.5. The molecule has 13 heavy (non-hydrogen) atoms. The van der Waals surface area contributed by atoms with Crippen LogP contribution in [0.15, 0.2) is 18.2 Å². The van der Waals surface area contributed by atoms with E-state index in [1.54, 1.807) is 0 Å². The largest absolute Gasteiger partial charge is 0.504 e. The maximum absolute atomic E-state index is 12.8. The van der Waals surface area contributed by atoms with Crippen LogP contribution in [-0.4, -0.2) is 18.1 Å². The van der Waals surface area contributed by atoms with Crippen molar-refractivity contribution >= 4 is 0 Å². The maximum atomic E-state index is 12.8. The summed E-state index contributed by atoms with van der Waals surface area (Å²) in [6.07, 6.45) is -2.70. The summed E-state index contributed by atoms with van der Waals surface area (Å²) in [7, 11) is 0. The molecule has 0 unspecified atom stereocenters. The Hall–Kier alpha value is -1.39. The molecule has 0 aliphatic heterocycles. The van der Waals surface area contributed by atoms with E-state index >= 15 is 0 Å². The van der Waals surface area contributed by atoms with Crippen molar-refractivity contribution in [2.45, 2.75) is 6.43 Å². The molecule has 1 aromatic rings. The van der Waals surface area contributed by atoms with Crippen molar-refractivity contribution in [3.05, 3.63) is 24.0 Å². The lowest BCUT2D eigenvalue weighted by atomic mass is 10.3. The molecule has 0 aromatic heterocycles. The van der Waals surface area contributed by atoms with Crippen molar-refractivity contribution in [2.75, 3.05) is 6.61 Å². The zero-order valence-corrected chi connectivity index (χ0v) is 6.51. The minimum atomic E-state index is -2.70. The second-order valence-electron chi connectivity index (χ2n) is 2.29. The lowest BCUT2D eigenvalue weighted by Crippen LogP contribution is -2.08. The summed E-state index contributed by atoms with van der Waals surface area (Å²) in [5, 5.41) is 8.99. The third kappa shape index (κ3) is 2.54. The van der Waals surface area contributed by atoms with Gasteiger partial charge in [0.05, 0.1) is 0 Å². The number of hydrogen-bond donors (Lipinski definition) is 1. The Morgan fingerprint density at radius 3 is 2.62 bits per heavy atom. The molecule has 0 bridgehead atoms. The molecular formula is C8H7F3O2. The van der Waals surface area contributed by atoms with Gasteiger partial charge >= 0.3 is 0 Å². The number of aromatic hydroxyl groups is 1. The molecule has 0 atom stereocenters. The monoisotopic (exact) mass is 192 g/mol. The summed E-state index contributed by atoms with van der Waals surface area (Å²) in [6, 6.07) is 3.42. The summed E-state index contributed by atoms with van der Waals surface area (Å²) in [4.78, 5) is 0. The van der Waals surface area contributed by atoms with Crippen LogP contribution in [-0.2, 0) is 0 Å². The molecule has 72 valence electrons. The molecule has 1 rings (SSSR count). The Morgan fingerprint density at radius 2 is 2.08 bits per heavy atom. The van der Waals surface area contributed by atoms with Crippen molar-refractivity contribution in [2.24, 2.45) is 0 Å². The molecule has 2 nitrogen and oxygen atoms in total. The molecule has 0 heterocycles. The van der Waals surface area contributed by atoms with Gasteiger partial charge in [-0.3, -0.25) is 0 Å². The van der Waals surface area contributed by atoms with Crippen LogP contribution in [0.4, 0.5) is 13.2 Å². The number of ether oxygens (including phenoxy) is 1. The molecule has 0 radical (unpaired) electrons. The van der Waals surface area contributed by atoms with Crippen LogP contribution in [0.25, 0.3) is 0 Å². The van der Waals surface area contributed by atoms with Crippen LogP contribution >= 0.6 is 0 Å². The van der Waals surface area contributed by atoms with Crippen molar-refractivity contribution < 1.29 is 23.0 Å². The van der Waals surface area contributed by atoms with E-state index in [0.29, 0.717) is 0 Å². The maximum Gasteiger partial charge on any atom is 0.272 e. The Morgan fingerprint density at radius 1 is 1.38 bits per heavy atom. The molecule has 5 heteroatoms. The fourth-order valence-corrected chi connectivity index (χ4v) is 0.787. The second kappa shape index (κ2) is 4.02. The van der Waals surface area contributed by atoms with Crippen LogP contribution in [0.3, 0.4) is 0 Å². The average molecular weight is 192 g/mol. The van der Waals surface area contributed by atoms with Gasteiger partial charge in [0.15, 0.2) is 17.3 Å². The van der Waals surface area contributed by atoms with Gasteiger partial charge in [-0.2, -0.15) is 0 Å². The summed E-state index contributed by atoms with van der Waals surface area (Å²) in [5.74, 6) is -1.89. The number of phenols is 1. The molecular weight excluding hydrogens is 185 g/mol.